The molecule has 1 aliphatic rings. The lowest BCUT2D eigenvalue weighted by molar-refractivity contribution is 0.252. The Bertz CT molecular complexity index is 806. The van der Waals surface area contributed by atoms with Crippen LogP contribution < -0.4 is 9.80 Å². The summed E-state index contributed by atoms with van der Waals surface area (Å²) in [6.07, 6.45) is 4.82. The van der Waals surface area contributed by atoms with Crippen LogP contribution in [0.25, 0.3) is 0 Å². The molecule has 0 N–H and O–H groups in total. The molecule has 1 aromatic carbocycles. The van der Waals surface area contributed by atoms with Crippen LogP contribution in [0, 0.1) is 0 Å². The first kappa shape index (κ1) is 12.9. The number of aromatic nitrogens is 3. The number of pyridine rings is 1. The van der Waals surface area contributed by atoms with E-state index < -0.39 is 0 Å². The molecule has 2 aromatic heterocycles. The average Bonchev–Trinajstić information content (AvgIpc) is 3.09. The SMILES string of the molecule is O=C1N(c2ccncc2)Cc2ccccc2N1c1ncns1. The fourth-order valence-corrected chi connectivity index (χ4v) is 3.04. The van der Waals surface area contributed by atoms with E-state index in [1.807, 2.05) is 36.4 Å². The van der Waals surface area contributed by atoms with Gasteiger partial charge in [0.2, 0.25) is 5.13 Å². The largest absolute Gasteiger partial charge is 0.335 e. The average molecular weight is 309 g/mol. The highest BCUT2D eigenvalue weighted by atomic mass is 32.1. The standard InChI is InChI=1S/C15H11N5OS/c21-15-19(12-5-7-16-8-6-12)9-11-3-1-2-4-13(11)20(15)14-17-10-18-22-14/h1-8,10H,9H2. The number of nitrogens with zero attached hydrogens (tertiary/aromatic N) is 5. The quantitative estimate of drug-likeness (QED) is 0.729. The number of benzene rings is 1. The Kier molecular flexibility index (Phi) is 3.05. The summed E-state index contributed by atoms with van der Waals surface area (Å²) >= 11 is 1.20. The van der Waals surface area contributed by atoms with Gasteiger partial charge in [0.15, 0.2) is 0 Å². The molecule has 3 heterocycles. The molecule has 108 valence electrons. The third-order valence-electron chi connectivity index (χ3n) is 3.50. The second-order valence-electron chi connectivity index (χ2n) is 4.76. The molecule has 0 aliphatic carbocycles. The smallest absolute Gasteiger partial charge is 0.289 e. The Morgan fingerprint density at radius 1 is 1.09 bits per heavy atom. The number of hydrogen-bond donors (Lipinski definition) is 0. The predicted molar refractivity (Wildman–Crippen MR) is 84.3 cm³/mol. The minimum atomic E-state index is -0.137. The van der Waals surface area contributed by atoms with Crippen molar-refractivity contribution in [1.29, 1.82) is 0 Å². The van der Waals surface area contributed by atoms with Crippen molar-refractivity contribution in [3.8, 4) is 0 Å². The summed E-state index contributed by atoms with van der Waals surface area (Å²) in [4.78, 5) is 24.5. The van der Waals surface area contributed by atoms with Gasteiger partial charge >= 0.3 is 6.03 Å². The molecular formula is C15H11N5OS. The summed E-state index contributed by atoms with van der Waals surface area (Å²) in [6.45, 7) is 0.522. The van der Waals surface area contributed by atoms with Crippen molar-refractivity contribution in [2.45, 2.75) is 6.54 Å². The first-order chi connectivity index (χ1) is 10.8. The lowest BCUT2D eigenvalue weighted by Crippen LogP contribution is -2.44. The van der Waals surface area contributed by atoms with E-state index in [1.54, 1.807) is 22.2 Å². The van der Waals surface area contributed by atoms with Crippen LogP contribution in [0.4, 0.5) is 21.3 Å². The van der Waals surface area contributed by atoms with E-state index >= 15 is 0 Å². The van der Waals surface area contributed by atoms with Crippen molar-refractivity contribution in [2.75, 3.05) is 9.80 Å². The fourth-order valence-electron chi connectivity index (χ4n) is 2.50. The summed E-state index contributed by atoms with van der Waals surface area (Å²) in [5.41, 5.74) is 2.73. The zero-order valence-electron chi connectivity index (χ0n) is 11.5. The van der Waals surface area contributed by atoms with Gasteiger partial charge in [-0.05, 0) is 23.8 Å². The Morgan fingerprint density at radius 2 is 1.91 bits per heavy atom. The first-order valence-corrected chi connectivity index (χ1v) is 7.48. The molecule has 0 radical (unpaired) electrons. The number of carbonyl (C=O) groups excluding carboxylic acids is 1. The molecule has 3 aromatic rings. The number of amides is 2. The molecule has 0 unspecified atom stereocenters. The van der Waals surface area contributed by atoms with E-state index in [0.29, 0.717) is 11.7 Å². The number of hydrogen-bond acceptors (Lipinski definition) is 5. The van der Waals surface area contributed by atoms with Crippen LogP contribution in [0.1, 0.15) is 5.56 Å². The van der Waals surface area contributed by atoms with Crippen molar-refractivity contribution >= 4 is 34.1 Å². The van der Waals surface area contributed by atoms with Gasteiger partial charge in [0.25, 0.3) is 0 Å². The van der Waals surface area contributed by atoms with Gasteiger partial charge in [-0.2, -0.15) is 4.37 Å². The molecule has 0 saturated carbocycles. The van der Waals surface area contributed by atoms with Crippen molar-refractivity contribution in [1.82, 2.24) is 14.3 Å². The van der Waals surface area contributed by atoms with E-state index in [0.717, 1.165) is 16.9 Å². The normalized spacial score (nSPS) is 14.1. The van der Waals surface area contributed by atoms with Gasteiger partial charge in [0.05, 0.1) is 12.2 Å². The van der Waals surface area contributed by atoms with E-state index in [1.165, 1.54) is 17.9 Å². The molecule has 22 heavy (non-hydrogen) atoms. The van der Waals surface area contributed by atoms with Gasteiger partial charge in [0.1, 0.15) is 6.33 Å². The Hall–Kier alpha value is -2.80. The minimum absolute atomic E-state index is 0.137. The molecule has 0 fully saturated rings. The van der Waals surface area contributed by atoms with Crippen LogP contribution >= 0.6 is 11.5 Å². The van der Waals surface area contributed by atoms with Crippen LogP contribution in [0.15, 0.2) is 55.1 Å². The molecule has 7 heteroatoms. The molecule has 2 amide bonds. The zero-order chi connectivity index (χ0) is 14.9. The van der Waals surface area contributed by atoms with Crippen LogP contribution in [0.5, 0.6) is 0 Å². The second-order valence-corrected chi connectivity index (χ2v) is 5.52. The number of para-hydroxylation sites is 1. The summed E-state index contributed by atoms with van der Waals surface area (Å²) < 4.78 is 4.01. The molecule has 4 rings (SSSR count). The number of fused-ring (bicyclic) bond motifs is 1. The summed E-state index contributed by atoms with van der Waals surface area (Å²) in [5, 5.41) is 0.566. The highest BCUT2D eigenvalue weighted by Gasteiger charge is 2.33. The first-order valence-electron chi connectivity index (χ1n) is 6.71. The number of urea groups is 1. The highest BCUT2D eigenvalue weighted by molar-refractivity contribution is 7.10. The van der Waals surface area contributed by atoms with Gasteiger partial charge in [-0.1, -0.05) is 18.2 Å². The monoisotopic (exact) mass is 309 g/mol. The third-order valence-corrected chi connectivity index (χ3v) is 4.15. The molecule has 6 nitrogen and oxygen atoms in total. The van der Waals surface area contributed by atoms with Gasteiger partial charge < -0.3 is 0 Å². The Labute approximate surface area is 130 Å². The van der Waals surface area contributed by atoms with E-state index in [9.17, 15) is 4.79 Å². The van der Waals surface area contributed by atoms with E-state index in [-0.39, 0.29) is 6.03 Å². The number of rotatable bonds is 2. The molecule has 0 atom stereocenters. The van der Waals surface area contributed by atoms with Gasteiger partial charge in [-0.25, -0.2) is 14.7 Å². The zero-order valence-corrected chi connectivity index (χ0v) is 12.3. The molecule has 1 aliphatic heterocycles. The maximum Gasteiger partial charge on any atom is 0.335 e. The maximum atomic E-state index is 13.0. The fraction of sp³-hybridized carbons (Fsp3) is 0.0667. The van der Waals surface area contributed by atoms with Crippen molar-refractivity contribution < 1.29 is 4.79 Å². The highest BCUT2D eigenvalue weighted by Crippen LogP contribution is 2.36. The second kappa shape index (κ2) is 5.19. The van der Waals surface area contributed by atoms with Crippen molar-refractivity contribution in [2.24, 2.45) is 0 Å². The van der Waals surface area contributed by atoms with Gasteiger partial charge in [0, 0.05) is 29.6 Å². The van der Waals surface area contributed by atoms with E-state index in [2.05, 4.69) is 14.3 Å². The van der Waals surface area contributed by atoms with E-state index in [4.69, 9.17) is 0 Å². The molecule has 0 saturated heterocycles. The van der Waals surface area contributed by atoms with Crippen LogP contribution in [0.2, 0.25) is 0 Å². The summed E-state index contributed by atoms with van der Waals surface area (Å²) in [6, 6.07) is 11.3. The number of carbonyl (C=O) groups is 1. The van der Waals surface area contributed by atoms with Crippen molar-refractivity contribution in [3.05, 3.63) is 60.7 Å². The lowest BCUT2D eigenvalue weighted by Gasteiger charge is -2.35. The number of anilines is 3. The molecule has 0 bridgehead atoms. The Balaban J connectivity index is 1.85. The molecular weight excluding hydrogens is 298 g/mol. The molecule has 0 spiro atoms. The third kappa shape index (κ3) is 2.03. The van der Waals surface area contributed by atoms with Gasteiger partial charge in [-0.3, -0.25) is 9.88 Å². The summed E-state index contributed by atoms with van der Waals surface area (Å²) in [5.74, 6) is 0. The maximum absolute atomic E-state index is 13.0. The summed E-state index contributed by atoms with van der Waals surface area (Å²) in [7, 11) is 0. The van der Waals surface area contributed by atoms with Crippen LogP contribution in [0.3, 0.4) is 0 Å². The Morgan fingerprint density at radius 3 is 2.68 bits per heavy atom. The predicted octanol–water partition coefficient (Wildman–Crippen LogP) is 3.21. The van der Waals surface area contributed by atoms with Crippen LogP contribution in [-0.4, -0.2) is 20.4 Å². The minimum Gasteiger partial charge on any atom is -0.289 e. The van der Waals surface area contributed by atoms with Crippen molar-refractivity contribution in [3.63, 3.8) is 0 Å². The topological polar surface area (TPSA) is 62.2 Å². The van der Waals surface area contributed by atoms with Crippen LogP contribution in [-0.2, 0) is 6.54 Å². The lowest BCUT2D eigenvalue weighted by atomic mass is 10.1. The van der Waals surface area contributed by atoms with Gasteiger partial charge in [-0.15, -0.1) is 0 Å².